The number of nitrogens with two attached hydrogens (primary N) is 1. The number of amides is 1. The van der Waals surface area contributed by atoms with E-state index in [-0.39, 0.29) is 18.7 Å². The summed E-state index contributed by atoms with van der Waals surface area (Å²) in [4.78, 5) is 11.9. The molecule has 0 saturated carbocycles. The number of benzene rings is 1. The van der Waals surface area contributed by atoms with Gasteiger partial charge in [-0.2, -0.15) is 13.2 Å². The maximum absolute atomic E-state index is 12.5. The molecule has 0 aromatic heterocycles. The molecule has 0 spiro atoms. The van der Waals surface area contributed by atoms with Gasteiger partial charge in [0.1, 0.15) is 0 Å². The van der Waals surface area contributed by atoms with Crippen LogP contribution in [0.4, 0.5) is 18.0 Å². The SMILES string of the molecule is CCN(CC(N)c1cccc(C(F)(F)F)c1)C(=O)O. The van der Waals surface area contributed by atoms with Crippen LogP contribution in [0.15, 0.2) is 24.3 Å². The van der Waals surface area contributed by atoms with Crippen LogP contribution >= 0.6 is 0 Å². The summed E-state index contributed by atoms with van der Waals surface area (Å²) in [7, 11) is 0. The number of halogens is 3. The molecule has 19 heavy (non-hydrogen) atoms. The van der Waals surface area contributed by atoms with E-state index in [1.165, 1.54) is 12.1 Å². The number of likely N-dealkylation sites (N-methyl/N-ethyl adjacent to an activating group) is 1. The molecule has 1 atom stereocenters. The second-order valence-corrected chi connectivity index (χ2v) is 4.05. The van der Waals surface area contributed by atoms with E-state index >= 15 is 0 Å². The van der Waals surface area contributed by atoms with Gasteiger partial charge in [-0.05, 0) is 24.6 Å². The lowest BCUT2D eigenvalue weighted by Crippen LogP contribution is -2.36. The van der Waals surface area contributed by atoms with Crippen LogP contribution in [-0.4, -0.2) is 29.2 Å². The smallest absolute Gasteiger partial charge is 0.416 e. The Bertz CT molecular complexity index is 449. The summed E-state index contributed by atoms with van der Waals surface area (Å²) in [6.07, 6.45) is -5.59. The van der Waals surface area contributed by atoms with Crippen LogP contribution in [0.5, 0.6) is 0 Å². The van der Waals surface area contributed by atoms with Crippen molar-refractivity contribution in [3.05, 3.63) is 35.4 Å². The molecule has 7 heteroatoms. The zero-order valence-corrected chi connectivity index (χ0v) is 10.3. The predicted molar refractivity (Wildman–Crippen MR) is 63.6 cm³/mol. The summed E-state index contributed by atoms with van der Waals surface area (Å²) in [5.74, 6) is 0. The minimum Gasteiger partial charge on any atom is -0.465 e. The molecular formula is C12H15F3N2O2. The molecule has 1 amide bonds. The zero-order chi connectivity index (χ0) is 14.6. The Labute approximate surface area is 108 Å². The van der Waals surface area contributed by atoms with Gasteiger partial charge in [0, 0.05) is 19.1 Å². The molecular weight excluding hydrogens is 261 g/mol. The summed E-state index contributed by atoms with van der Waals surface area (Å²) >= 11 is 0. The van der Waals surface area contributed by atoms with Gasteiger partial charge in [-0.15, -0.1) is 0 Å². The monoisotopic (exact) mass is 276 g/mol. The van der Waals surface area contributed by atoms with Crippen LogP contribution in [0, 0.1) is 0 Å². The molecule has 0 heterocycles. The van der Waals surface area contributed by atoms with E-state index in [2.05, 4.69) is 0 Å². The summed E-state index contributed by atoms with van der Waals surface area (Å²) in [6.45, 7) is 1.81. The Morgan fingerprint density at radius 2 is 2.11 bits per heavy atom. The number of rotatable bonds is 4. The zero-order valence-electron chi connectivity index (χ0n) is 10.3. The highest BCUT2D eigenvalue weighted by Crippen LogP contribution is 2.30. The highest BCUT2D eigenvalue weighted by Gasteiger charge is 2.30. The minimum atomic E-state index is -4.44. The lowest BCUT2D eigenvalue weighted by Gasteiger charge is -2.22. The van der Waals surface area contributed by atoms with E-state index in [9.17, 15) is 18.0 Å². The average Bonchev–Trinajstić information content (AvgIpc) is 2.34. The van der Waals surface area contributed by atoms with Gasteiger partial charge >= 0.3 is 12.3 Å². The molecule has 106 valence electrons. The van der Waals surface area contributed by atoms with Gasteiger partial charge in [0.2, 0.25) is 0 Å². The Morgan fingerprint density at radius 3 is 2.58 bits per heavy atom. The normalized spacial score (nSPS) is 13.1. The van der Waals surface area contributed by atoms with Crippen molar-refractivity contribution in [1.82, 2.24) is 4.90 Å². The Kier molecular flexibility index (Phi) is 4.77. The van der Waals surface area contributed by atoms with Crippen molar-refractivity contribution in [2.45, 2.75) is 19.1 Å². The van der Waals surface area contributed by atoms with E-state index in [1.54, 1.807) is 6.92 Å². The van der Waals surface area contributed by atoms with Crippen LogP contribution in [0.1, 0.15) is 24.1 Å². The number of carboxylic acid groups (broad SMARTS) is 1. The second-order valence-electron chi connectivity index (χ2n) is 4.05. The van der Waals surface area contributed by atoms with Crippen LogP contribution in [0.25, 0.3) is 0 Å². The Balaban J connectivity index is 2.88. The summed E-state index contributed by atoms with van der Waals surface area (Å²) in [5.41, 5.74) is 5.22. The van der Waals surface area contributed by atoms with E-state index in [1.807, 2.05) is 0 Å². The fourth-order valence-corrected chi connectivity index (χ4v) is 1.63. The Morgan fingerprint density at radius 1 is 1.47 bits per heavy atom. The molecule has 0 aliphatic heterocycles. The largest absolute Gasteiger partial charge is 0.465 e. The summed E-state index contributed by atoms with van der Waals surface area (Å²) in [6, 6.07) is 3.81. The van der Waals surface area contributed by atoms with Gasteiger partial charge < -0.3 is 15.7 Å². The third-order valence-corrected chi connectivity index (χ3v) is 2.71. The van der Waals surface area contributed by atoms with Crippen molar-refractivity contribution < 1.29 is 23.1 Å². The van der Waals surface area contributed by atoms with Crippen molar-refractivity contribution >= 4 is 6.09 Å². The number of alkyl halides is 3. The van der Waals surface area contributed by atoms with Gasteiger partial charge in [-0.25, -0.2) is 4.79 Å². The van der Waals surface area contributed by atoms with Crippen molar-refractivity contribution in [2.24, 2.45) is 5.73 Å². The average molecular weight is 276 g/mol. The minimum absolute atomic E-state index is 0.0485. The van der Waals surface area contributed by atoms with Gasteiger partial charge in [-0.3, -0.25) is 0 Å². The molecule has 0 saturated heterocycles. The van der Waals surface area contributed by atoms with Gasteiger partial charge in [0.25, 0.3) is 0 Å². The third-order valence-electron chi connectivity index (χ3n) is 2.71. The van der Waals surface area contributed by atoms with E-state index in [0.29, 0.717) is 0 Å². The second kappa shape index (κ2) is 5.92. The van der Waals surface area contributed by atoms with Crippen LogP contribution in [0.2, 0.25) is 0 Å². The first kappa shape index (κ1) is 15.3. The summed E-state index contributed by atoms with van der Waals surface area (Å²) in [5, 5.41) is 8.84. The van der Waals surface area contributed by atoms with Crippen molar-refractivity contribution in [1.29, 1.82) is 0 Å². The first-order chi connectivity index (χ1) is 8.75. The first-order valence-corrected chi connectivity index (χ1v) is 5.66. The fraction of sp³-hybridized carbons (Fsp3) is 0.417. The van der Waals surface area contributed by atoms with Crippen molar-refractivity contribution in [3.8, 4) is 0 Å². The Hall–Kier alpha value is -1.76. The lowest BCUT2D eigenvalue weighted by atomic mass is 10.0. The summed E-state index contributed by atoms with van der Waals surface area (Å²) < 4.78 is 37.6. The molecule has 1 aromatic carbocycles. The molecule has 0 aliphatic rings. The lowest BCUT2D eigenvalue weighted by molar-refractivity contribution is -0.137. The number of carbonyl (C=O) groups is 1. The number of hydrogen-bond donors (Lipinski definition) is 2. The van der Waals surface area contributed by atoms with Crippen molar-refractivity contribution in [2.75, 3.05) is 13.1 Å². The molecule has 3 N–H and O–H groups in total. The van der Waals surface area contributed by atoms with Crippen LogP contribution in [0.3, 0.4) is 0 Å². The van der Waals surface area contributed by atoms with E-state index in [4.69, 9.17) is 10.8 Å². The first-order valence-electron chi connectivity index (χ1n) is 5.66. The molecule has 4 nitrogen and oxygen atoms in total. The van der Waals surface area contributed by atoms with Crippen LogP contribution in [-0.2, 0) is 6.18 Å². The van der Waals surface area contributed by atoms with Gasteiger partial charge in [0.15, 0.2) is 0 Å². The van der Waals surface area contributed by atoms with Crippen molar-refractivity contribution in [3.63, 3.8) is 0 Å². The third kappa shape index (κ3) is 4.13. The van der Waals surface area contributed by atoms with E-state index in [0.717, 1.165) is 17.0 Å². The van der Waals surface area contributed by atoms with E-state index < -0.39 is 23.9 Å². The highest BCUT2D eigenvalue weighted by molar-refractivity contribution is 5.64. The molecule has 0 fully saturated rings. The topological polar surface area (TPSA) is 66.6 Å². The highest BCUT2D eigenvalue weighted by atomic mass is 19.4. The molecule has 0 aliphatic carbocycles. The molecule has 1 rings (SSSR count). The predicted octanol–water partition coefficient (Wildman–Crippen LogP) is 2.71. The van der Waals surface area contributed by atoms with Gasteiger partial charge in [0.05, 0.1) is 5.56 Å². The maximum Gasteiger partial charge on any atom is 0.416 e. The molecule has 1 unspecified atom stereocenters. The molecule has 0 radical (unpaired) electrons. The molecule has 0 bridgehead atoms. The quantitative estimate of drug-likeness (QED) is 0.888. The standard InChI is InChI=1S/C12H15F3N2O2/c1-2-17(11(18)19)7-10(16)8-4-3-5-9(6-8)12(13,14)15/h3-6,10H,2,7,16H2,1H3,(H,18,19). The van der Waals surface area contributed by atoms with Crippen LogP contribution < -0.4 is 5.73 Å². The number of nitrogens with zero attached hydrogens (tertiary/aromatic N) is 1. The fourth-order valence-electron chi connectivity index (χ4n) is 1.63. The number of hydrogen-bond acceptors (Lipinski definition) is 2. The van der Waals surface area contributed by atoms with Gasteiger partial charge in [-0.1, -0.05) is 12.1 Å². The maximum atomic E-state index is 12.5. The molecule has 1 aromatic rings.